The van der Waals surface area contributed by atoms with Crippen LogP contribution in [0.25, 0.3) is 0 Å². The summed E-state index contributed by atoms with van der Waals surface area (Å²) in [5.41, 5.74) is 1.54. The fourth-order valence-electron chi connectivity index (χ4n) is 2.64. The molecule has 0 spiro atoms. The molecule has 1 aromatic heterocycles. The molecular weight excluding hydrogens is 262 g/mol. The second kappa shape index (κ2) is 5.62. The quantitative estimate of drug-likeness (QED) is 0.861. The van der Waals surface area contributed by atoms with Gasteiger partial charge in [0.15, 0.2) is 6.10 Å². The van der Waals surface area contributed by atoms with E-state index in [1.807, 2.05) is 13.8 Å². The smallest absolute Gasteiger partial charge is 0.335 e. The van der Waals surface area contributed by atoms with Crippen LogP contribution in [0.15, 0.2) is 6.20 Å². The summed E-state index contributed by atoms with van der Waals surface area (Å²) in [6, 6.07) is -0.623. The van der Waals surface area contributed by atoms with Crippen molar-refractivity contribution >= 4 is 11.9 Å². The maximum absolute atomic E-state index is 12.0. The molecule has 0 bridgehead atoms. The van der Waals surface area contributed by atoms with Crippen molar-refractivity contribution in [2.24, 2.45) is 7.05 Å². The van der Waals surface area contributed by atoms with Crippen LogP contribution >= 0.6 is 0 Å². The van der Waals surface area contributed by atoms with Gasteiger partial charge in [0, 0.05) is 25.4 Å². The van der Waals surface area contributed by atoms with Gasteiger partial charge in [-0.1, -0.05) is 6.92 Å². The highest BCUT2D eigenvalue weighted by Gasteiger charge is 2.42. The van der Waals surface area contributed by atoms with E-state index in [0.717, 1.165) is 11.3 Å². The summed E-state index contributed by atoms with van der Waals surface area (Å²) in [5, 5.41) is 13.7. The number of carboxylic acid groups (broad SMARTS) is 1. The predicted octanol–water partition coefficient (Wildman–Crippen LogP) is 0.355. The van der Waals surface area contributed by atoms with E-state index in [-0.39, 0.29) is 12.5 Å². The van der Waals surface area contributed by atoms with Crippen molar-refractivity contribution < 1.29 is 19.4 Å². The van der Waals surface area contributed by atoms with Gasteiger partial charge in [0.2, 0.25) is 5.91 Å². The van der Waals surface area contributed by atoms with E-state index < -0.39 is 18.1 Å². The Bertz CT molecular complexity index is 524. The summed E-state index contributed by atoms with van der Waals surface area (Å²) in [5.74, 6) is -1.26. The molecule has 1 aromatic rings. The minimum absolute atomic E-state index is 0.191. The second-order valence-corrected chi connectivity index (χ2v) is 4.75. The van der Waals surface area contributed by atoms with Crippen molar-refractivity contribution in [2.45, 2.75) is 32.4 Å². The Kier molecular flexibility index (Phi) is 4.08. The summed E-state index contributed by atoms with van der Waals surface area (Å²) < 4.78 is 6.87. The monoisotopic (exact) mass is 281 g/mol. The first-order valence-electron chi connectivity index (χ1n) is 6.65. The molecule has 1 fully saturated rings. The second-order valence-electron chi connectivity index (χ2n) is 4.75. The van der Waals surface area contributed by atoms with Crippen molar-refractivity contribution in [1.29, 1.82) is 0 Å². The van der Waals surface area contributed by atoms with Gasteiger partial charge in [0.25, 0.3) is 0 Å². The summed E-state index contributed by atoms with van der Waals surface area (Å²) in [4.78, 5) is 24.9. The van der Waals surface area contributed by atoms with E-state index in [1.54, 1.807) is 22.8 Å². The molecule has 0 aromatic carbocycles. The van der Waals surface area contributed by atoms with Crippen LogP contribution in [-0.4, -0.2) is 50.9 Å². The molecule has 20 heavy (non-hydrogen) atoms. The number of ether oxygens (including phenoxy) is 1. The standard InChI is InChI=1S/C13H19N3O4/c1-4-9-8(6-15(3)14-9)11-12(13(18)19)20-7-10(17)16(11)5-2/h6,11-12H,4-5,7H2,1-3H3,(H,18,19). The molecule has 2 unspecified atom stereocenters. The molecule has 7 nitrogen and oxygen atoms in total. The molecular formula is C13H19N3O4. The third-order valence-corrected chi connectivity index (χ3v) is 3.50. The van der Waals surface area contributed by atoms with Gasteiger partial charge in [-0.25, -0.2) is 4.79 Å². The molecule has 110 valence electrons. The van der Waals surface area contributed by atoms with Crippen LogP contribution in [0, 0.1) is 0 Å². The lowest BCUT2D eigenvalue weighted by atomic mass is 9.97. The fraction of sp³-hybridized carbons (Fsp3) is 0.615. The van der Waals surface area contributed by atoms with Crippen LogP contribution in [0.1, 0.15) is 31.1 Å². The van der Waals surface area contributed by atoms with Crippen molar-refractivity contribution in [3.63, 3.8) is 0 Å². The van der Waals surface area contributed by atoms with E-state index in [1.165, 1.54) is 0 Å². The number of carboxylic acids is 1. The molecule has 2 heterocycles. The normalized spacial score (nSPS) is 23.1. The number of hydrogen-bond donors (Lipinski definition) is 1. The topological polar surface area (TPSA) is 84.7 Å². The third-order valence-electron chi connectivity index (χ3n) is 3.50. The highest BCUT2D eigenvalue weighted by atomic mass is 16.5. The van der Waals surface area contributed by atoms with E-state index >= 15 is 0 Å². The summed E-state index contributed by atoms with van der Waals surface area (Å²) in [7, 11) is 1.78. The Hall–Kier alpha value is -1.89. The largest absolute Gasteiger partial charge is 0.479 e. The number of carbonyl (C=O) groups is 2. The molecule has 7 heteroatoms. The van der Waals surface area contributed by atoms with Gasteiger partial charge >= 0.3 is 5.97 Å². The van der Waals surface area contributed by atoms with Crippen molar-refractivity contribution in [3.8, 4) is 0 Å². The van der Waals surface area contributed by atoms with E-state index in [2.05, 4.69) is 5.10 Å². The van der Waals surface area contributed by atoms with Gasteiger partial charge in [0.1, 0.15) is 6.61 Å². The zero-order valence-corrected chi connectivity index (χ0v) is 11.9. The van der Waals surface area contributed by atoms with Gasteiger partial charge < -0.3 is 14.7 Å². The molecule has 1 aliphatic heterocycles. The van der Waals surface area contributed by atoms with Crippen LogP contribution in [0.2, 0.25) is 0 Å². The van der Waals surface area contributed by atoms with Gasteiger partial charge in [-0.05, 0) is 13.3 Å². The zero-order valence-electron chi connectivity index (χ0n) is 11.9. The summed E-state index contributed by atoms with van der Waals surface area (Å²) in [6.45, 7) is 4.03. The molecule has 0 radical (unpaired) electrons. The number of rotatable bonds is 4. The van der Waals surface area contributed by atoms with Gasteiger partial charge in [-0.15, -0.1) is 0 Å². The van der Waals surface area contributed by atoms with Crippen LogP contribution in [0.4, 0.5) is 0 Å². The SMILES string of the molecule is CCc1nn(C)cc1C1C(C(=O)O)OCC(=O)N1CC. The summed E-state index contributed by atoms with van der Waals surface area (Å²) >= 11 is 0. The number of amides is 1. The Morgan fingerprint density at radius 2 is 2.25 bits per heavy atom. The minimum Gasteiger partial charge on any atom is -0.479 e. The number of aliphatic carboxylic acids is 1. The Balaban J connectivity index is 2.49. The lowest BCUT2D eigenvalue weighted by molar-refractivity contribution is -0.172. The van der Waals surface area contributed by atoms with Gasteiger partial charge in [0.05, 0.1) is 11.7 Å². The molecule has 1 amide bonds. The zero-order chi connectivity index (χ0) is 14.9. The Morgan fingerprint density at radius 1 is 1.55 bits per heavy atom. The summed E-state index contributed by atoms with van der Waals surface area (Å²) in [6.07, 6.45) is 1.39. The molecule has 0 aliphatic carbocycles. The first-order chi connectivity index (χ1) is 9.49. The molecule has 2 atom stereocenters. The fourth-order valence-corrected chi connectivity index (χ4v) is 2.64. The van der Waals surface area contributed by atoms with E-state index in [9.17, 15) is 14.7 Å². The molecule has 2 rings (SSSR count). The highest BCUT2D eigenvalue weighted by Crippen LogP contribution is 2.32. The number of carbonyl (C=O) groups excluding carboxylic acids is 1. The van der Waals surface area contributed by atoms with E-state index in [0.29, 0.717) is 13.0 Å². The van der Waals surface area contributed by atoms with Crippen LogP contribution in [-0.2, 0) is 27.8 Å². The highest BCUT2D eigenvalue weighted by molar-refractivity contribution is 5.83. The molecule has 1 aliphatic rings. The van der Waals surface area contributed by atoms with Crippen molar-refractivity contribution in [3.05, 3.63) is 17.5 Å². The van der Waals surface area contributed by atoms with Gasteiger partial charge in [-0.3, -0.25) is 9.48 Å². The lowest BCUT2D eigenvalue weighted by Gasteiger charge is -2.38. The van der Waals surface area contributed by atoms with Gasteiger partial charge in [-0.2, -0.15) is 5.10 Å². The van der Waals surface area contributed by atoms with E-state index in [4.69, 9.17) is 4.74 Å². The van der Waals surface area contributed by atoms with Crippen molar-refractivity contribution in [2.75, 3.05) is 13.2 Å². The number of aromatic nitrogens is 2. The average molecular weight is 281 g/mol. The van der Waals surface area contributed by atoms with Crippen LogP contribution in [0.5, 0.6) is 0 Å². The number of hydrogen-bond acceptors (Lipinski definition) is 4. The van der Waals surface area contributed by atoms with Crippen molar-refractivity contribution in [1.82, 2.24) is 14.7 Å². The molecule has 1 N–H and O–H groups in total. The Morgan fingerprint density at radius 3 is 2.80 bits per heavy atom. The number of nitrogens with zero attached hydrogens (tertiary/aromatic N) is 3. The number of likely N-dealkylation sites (N-methyl/N-ethyl adjacent to an activating group) is 1. The maximum atomic E-state index is 12.0. The van der Waals surface area contributed by atoms with Crippen LogP contribution in [0.3, 0.4) is 0 Å². The molecule has 1 saturated heterocycles. The minimum atomic E-state index is -1.06. The maximum Gasteiger partial charge on any atom is 0.335 e. The molecule has 0 saturated carbocycles. The first-order valence-corrected chi connectivity index (χ1v) is 6.65. The number of aryl methyl sites for hydroxylation is 2. The third kappa shape index (κ3) is 2.40. The lowest BCUT2D eigenvalue weighted by Crippen LogP contribution is -2.51. The average Bonchev–Trinajstić information content (AvgIpc) is 2.78. The van der Waals surface area contributed by atoms with Crippen LogP contribution < -0.4 is 0 Å². The number of morpholine rings is 1. The Labute approximate surface area is 117 Å². The predicted molar refractivity (Wildman–Crippen MR) is 70.1 cm³/mol. The first kappa shape index (κ1) is 14.5.